The Labute approximate surface area is 128 Å². The SMILES string of the molecule is CSc1ccc([C@@H](CCC(C)C)N2CCNCC2)cc1. The summed E-state index contributed by atoms with van der Waals surface area (Å²) in [6, 6.07) is 9.79. The predicted molar refractivity (Wildman–Crippen MR) is 89.5 cm³/mol. The fraction of sp³-hybridized carbons (Fsp3) is 0.647. The highest BCUT2D eigenvalue weighted by Crippen LogP contribution is 2.29. The largest absolute Gasteiger partial charge is 0.314 e. The van der Waals surface area contributed by atoms with E-state index < -0.39 is 0 Å². The molecule has 1 aromatic carbocycles. The van der Waals surface area contributed by atoms with Crippen molar-refractivity contribution in [2.75, 3.05) is 32.4 Å². The fourth-order valence-electron chi connectivity index (χ4n) is 2.87. The molecular formula is C17H28N2S. The molecule has 0 radical (unpaired) electrons. The summed E-state index contributed by atoms with van der Waals surface area (Å²) in [4.78, 5) is 4.02. The van der Waals surface area contributed by atoms with Crippen LogP contribution >= 0.6 is 11.8 Å². The highest BCUT2D eigenvalue weighted by atomic mass is 32.2. The van der Waals surface area contributed by atoms with E-state index in [9.17, 15) is 0 Å². The summed E-state index contributed by atoms with van der Waals surface area (Å²) in [5.41, 5.74) is 1.49. The summed E-state index contributed by atoms with van der Waals surface area (Å²) >= 11 is 1.82. The molecule has 1 fully saturated rings. The minimum Gasteiger partial charge on any atom is -0.314 e. The Morgan fingerprint density at radius 1 is 1.10 bits per heavy atom. The number of benzene rings is 1. The Kier molecular flexibility index (Phi) is 6.40. The van der Waals surface area contributed by atoms with Crippen LogP contribution in [0.15, 0.2) is 29.2 Å². The lowest BCUT2D eigenvalue weighted by atomic mass is 9.96. The van der Waals surface area contributed by atoms with Crippen LogP contribution < -0.4 is 5.32 Å². The smallest absolute Gasteiger partial charge is 0.0349 e. The molecule has 3 heteroatoms. The summed E-state index contributed by atoms with van der Waals surface area (Å²) in [5.74, 6) is 0.783. The van der Waals surface area contributed by atoms with Crippen molar-refractivity contribution >= 4 is 11.8 Å². The van der Waals surface area contributed by atoms with Crippen LogP contribution in [-0.2, 0) is 0 Å². The van der Waals surface area contributed by atoms with Crippen LogP contribution in [-0.4, -0.2) is 37.3 Å². The average Bonchev–Trinajstić information content (AvgIpc) is 2.49. The normalized spacial score (nSPS) is 18.4. The number of piperazine rings is 1. The first-order chi connectivity index (χ1) is 9.70. The molecule has 1 heterocycles. The molecule has 1 N–H and O–H groups in total. The Morgan fingerprint density at radius 2 is 1.75 bits per heavy atom. The van der Waals surface area contributed by atoms with E-state index in [1.54, 1.807) is 0 Å². The van der Waals surface area contributed by atoms with Crippen molar-refractivity contribution in [3.8, 4) is 0 Å². The van der Waals surface area contributed by atoms with Gasteiger partial charge >= 0.3 is 0 Å². The molecule has 1 saturated heterocycles. The van der Waals surface area contributed by atoms with E-state index in [4.69, 9.17) is 0 Å². The van der Waals surface area contributed by atoms with Crippen LogP contribution in [0.3, 0.4) is 0 Å². The molecule has 0 aromatic heterocycles. The quantitative estimate of drug-likeness (QED) is 0.803. The standard InChI is InChI=1S/C17H28N2S/c1-14(2)4-9-17(19-12-10-18-11-13-19)15-5-7-16(20-3)8-6-15/h5-8,14,17-18H,4,9-13H2,1-3H3/t17-/m1/s1. The first-order valence-electron chi connectivity index (χ1n) is 7.79. The molecule has 0 saturated carbocycles. The number of nitrogens with one attached hydrogen (secondary N) is 1. The number of nitrogens with zero attached hydrogens (tertiary/aromatic N) is 1. The van der Waals surface area contributed by atoms with Gasteiger partial charge in [0.05, 0.1) is 0 Å². The van der Waals surface area contributed by atoms with Crippen molar-refractivity contribution in [1.29, 1.82) is 0 Å². The minimum absolute atomic E-state index is 0.593. The summed E-state index contributed by atoms with van der Waals surface area (Å²) < 4.78 is 0. The Morgan fingerprint density at radius 3 is 2.30 bits per heavy atom. The summed E-state index contributed by atoms with van der Waals surface area (Å²) in [6.07, 6.45) is 4.72. The average molecular weight is 292 g/mol. The van der Waals surface area contributed by atoms with E-state index in [-0.39, 0.29) is 0 Å². The van der Waals surface area contributed by atoms with Gasteiger partial charge in [0.1, 0.15) is 0 Å². The van der Waals surface area contributed by atoms with Crippen LogP contribution in [0.5, 0.6) is 0 Å². The van der Waals surface area contributed by atoms with Gasteiger partial charge in [0, 0.05) is 37.1 Å². The first kappa shape index (κ1) is 15.9. The molecule has 1 atom stereocenters. The summed E-state index contributed by atoms with van der Waals surface area (Å²) in [7, 11) is 0. The van der Waals surface area contributed by atoms with E-state index in [0.717, 1.165) is 19.0 Å². The lowest BCUT2D eigenvalue weighted by Gasteiger charge is -2.35. The van der Waals surface area contributed by atoms with Crippen molar-refractivity contribution in [2.24, 2.45) is 5.92 Å². The number of thioether (sulfide) groups is 1. The zero-order valence-corrected chi connectivity index (χ0v) is 13.9. The maximum Gasteiger partial charge on any atom is 0.0349 e. The van der Waals surface area contributed by atoms with Crippen LogP contribution in [0.2, 0.25) is 0 Å². The monoisotopic (exact) mass is 292 g/mol. The van der Waals surface area contributed by atoms with Gasteiger partial charge in [0.25, 0.3) is 0 Å². The van der Waals surface area contributed by atoms with Crippen LogP contribution in [0, 0.1) is 5.92 Å². The molecule has 1 aromatic rings. The molecule has 1 aliphatic rings. The molecule has 2 nitrogen and oxygen atoms in total. The second-order valence-electron chi connectivity index (χ2n) is 6.05. The van der Waals surface area contributed by atoms with Gasteiger partial charge in [-0.15, -0.1) is 11.8 Å². The van der Waals surface area contributed by atoms with E-state index >= 15 is 0 Å². The van der Waals surface area contributed by atoms with Crippen molar-refractivity contribution in [3.63, 3.8) is 0 Å². The molecule has 2 rings (SSSR count). The molecule has 112 valence electrons. The third-order valence-corrected chi connectivity index (χ3v) is 4.85. The van der Waals surface area contributed by atoms with Gasteiger partial charge in [0.2, 0.25) is 0 Å². The van der Waals surface area contributed by atoms with E-state index in [2.05, 4.69) is 54.6 Å². The lowest BCUT2D eigenvalue weighted by Crippen LogP contribution is -2.45. The number of hydrogen-bond donors (Lipinski definition) is 1. The molecule has 0 unspecified atom stereocenters. The van der Waals surface area contributed by atoms with Crippen molar-refractivity contribution in [2.45, 2.75) is 37.6 Å². The summed E-state index contributed by atoms with van der Waals surface area (Å²) in [5, 5.41) is 3.46. The highest BCUT2D eigenvalue weighted by Gasteiger charge is 2.22. The third-order valence-electron chi connectivity index (χ3n) is 4.11. The number of hydrogen-bond acceptors (Lipinski definition) is 3. The van der Waals surface area contributed by atoms with E-state index in [1.807, 2.05) is 11.8 Å². The Hall–Kier alpha value is -0.510. The molecule has 0 bridgehead atoms. The Balaban J connectivity index is 2.10. The van der Waals surface area contributed by atoms with Crippen molar-refractivity contribution in [3.05, 3.63) is 29.8 Å². The van der Waals surface area contributed by atoms with Crippen LogP contribution in [0.25, 0.3) is 0 Å². The van der Waals surface area contributed by atoms with Gasteiger partial charge in [-0.1, -0.05) is 26.0 Å². The molecule has 0 amide bonds. The lowest BCUT2D eigenvalue weighted by molar-refractivity contribution is 0.160. The molecule has 1 aliphatic heterocycles. The van der Waals surface area contributed by atoms with E-state index in [1.165, 1.54) is 36.4 Å². The van der Waals surface area contributed by atoms with E-state index in [0.29, 0.717) is 6.04 Å². The maximum atomic E-state index is 3.46. The van der Waals surface area contributed by atoms with Gasteiger partial charge in [-0.25, -0.2) is 0 Å². The van der Waals surface area contributed by atoms with Crippen LogP contribution in [0.4, 0.5) is 0 Å². The molecule has 20 heavy (non-hydrogen) atoms. The first-order valence-corrected chi connectivity index (χ1v) is 9.02. The fourth-order valence-corrected chi connectivity index (χ4v) is 3.28. The van der Waals surface area contributed by atoms with Crippen LogP contribution in [0.1, 0.15) is 38.3 Å². The van der Waals surface area contributed by atoms with Gasteiger partial charge in [0.15, 0.2) is 0 Å². The third kappa shape index (κ3) is 4.51. The van der Waals surface area contributed by atoms with Crippen molar-refractivity contribution < 1.29 is 0 Å². The Bertz CT molecular complexity index is 382. The molecule has 0 spiro atoms. The number of rotatable bonds is 6. The molecule has 0 aliphatic carbocycles. The second kappa shape index (κ2) is 8.06. The van der Waals surface area contributed by atoms with Gasteiger partial charge in [-0.3, -0.25) is 4.90 Å². The van der Waals surface area contributed by atoms with Gasteiger partial charge in [-0.2, -0.15) is 0 Å². The predicted octanol–water partition coefficient (Wildman–Crippen LogP) is 3.79. The zero-order chi connectivity index (χ0) is 14.4. The molecular weight excluding hydrogens is 264 g/mol. The second-order valence-corrected chi connectivity index (χ2v) is 6.93. The zero-order valence-electron chi connectivity index (χ0n) is 13.1. The highest BCUT2D eigenvalue weighted by molar-refractivity contribution is 7.98. The van der Waals surface area contributed by atoms with Gasteiger partial charge in [-0.05, 0) is 42.7 Å². The topological polar surface area (TPSA) is 15.3 Å². The van der Waals surface area contributed by atoms with Crippen molar-refractivity contribution in [1.82, 2.24) is 10.2 Å². The maximum absolute atomic E-state index is 3.46. The van der Waals surface area contributed by atoms with Gasteiger partial charge < -0.3 is 5.32 Å². The minimum atomic E-state index is 0.593. The summed E-state index contributed by atoms with van der Waals surface area (Å²) in [6.45, 7) is 9.25.